The highest BCUT2D eigenvalue weighted by atomic mass is 79.9. The fourth-order valence-corrected chi connectivity index (χ4v) is 4.02. The van der Waals surface area contributed by atoms with E-state index in [9.17, 15) is 14.7 Å². The van der Waals surface area contributed by atoms with Crippen LogP contribution in [0.2, 0.25) is 0 Å². The number of rotatable bonds is 2. The van der Waals surface area contributed by atoms with Crippen molar-refractivity contribution in [1.82, 2.24) is 9.88 Å². The smallest absolute Gasteiger partial charge is 0.326 e. The molecule has 1 N–H and O–H groups in total. The Hall–Kier alpha value is -1.43. The van der Waals surface area contributed by atoms with Crippen LogP contribution >= 0.6 is 15.9 Å². The molecular formula is C15H17BrN2O3. The minimum Gasteiger partial charge on any atom is -0.480 e. The van der Waals surface area contributed by atoms with E-state index in [0.717, 1.165) is 30.2 Å². The molecule has 2 aliphatic rings. The molecule has 2 fully saturated rings. The summed E-state index contributed by atoms with van der Waals surface area (Å²) >= 11 is 3.30. The van der Waals surface area contributed by atoms with Crippen LogP contribution in [0, 0.1) is 5.92 Å². The predicted octanol–water partition coefficient (Wildman–Crippen LogP) is 2.70. The highest BCUT2D eigenvalue weighted by Crippen LogP contribution is 2.40. The van der Waals surface area contributed by atoms with Crippen molar-refractivity contribution in [2.45, 2.75) is 44.2 Å². The van der Waals surface area contributed by atoms with E-state index in [1.807, 2.05) is 0 Å². The Labute approximate surface area is 131 Å². The molecule has 112 valence electrons. The van der Waals surface area contributed by atoms with Gasteiger partial charge in [0.05, 0.1) is 5.56 Å². The van der Waals surface area contributed by atoms with Crippen LogP contribution in [0.5, 0.6) is 0 Å². The highest BCUT2D eigenvalue weighted by molar-refractivity contribution is 9.10. The number of carboxylic acids is 1. The molecule has 1 aromatic rings. The minimum absolute atomic E-state index is 0.0614. The lowest BCUT2D eigenvalue weighted by atomic mass is 9.84. The fourth-order valence-electron chi connectivity index (χ4n) is 3.65. The van der Waals surface area contributed by atoms with E-state index in [2.05, 4.69) is 20.9 Å². The molecule has 3 atom stereocenters. The fraction of sp³-hybridized carbons (Fsp3) is 0.533. The number of aromatic nitrogens is 1. The second kappa shape index (κ2) is 5.75. The van der Waals surface area contributed by atoms with E-state index in [-0.39, 0.29) is 11.9 Å². The number of nitrogens with zero attached hydrogens (tertiary/aromatic N) is 2. The number of amides is 1. The van der Waals surface area contributed by atoms with Gasteiger partial charge in [0, 0.05) is 22.9 Å². The first kappa shape index (κ1) is 14.5. The van der Waals surface area contributed by atoms with Crippen molar-refractivity contribution >= 4 is 27.8 Å². The summed E-state index contributed by atoms with van der Waals surface area (Å²) in [7, 11) is 0. The van der Waals surface area contributed by atoms with E-state index in [0.29, 0.717) is 17.9 Å². The summed E-state index contributed by atoms with van der Waals surface area (Å²) in [6.45, 7) is 0. The Kier molecular flexibility index (Phi) is 3.97. The molecule has 0 radical (unpaired) electrons. The minimum atomic E-state index is -0.902. The van der Waals surface area contributed by atoms with Crippen LogP contribution in [-0.2, 0) is 4.79 Å². The monoisotopic (exact) mass is 352 g/mol. The summed E-state index contributed by atoms with van der Waals surface area (Å²) in [6.07, 6.45) is 7.81. The third-order valence-corrected chi connectivity index (χ3v) is 4.99. The second-order valence-electron chi connectivity index (χ2n) is 5.81. The highest BCUT2D eigenvalue weighted by Gasteiger charge is 2.47. The molecule has 0 aromatic carbocycles. The summed E-state index contributed by atoms with van der Waals surface area (Å²) in [5.74, 6) is -0.796. The molecule has 21 heavy (non-hydrogen) atoms. The average Bonchev–Trinajstić information content (AvgIpc) is 2.86. The Balaban J connectivity index is 1.92. The first-order chi connectivity index (χ1) is 10.1. The molecule has 1 saturated heterocycles. The van der Waals surface area contributed by atoms with Gasteiger partial charge in [-0.15, -0.1) is 0 Å². The van der Waals surface area contributed by atoms with Gasteiger partial charge in [0.1, 0.15) is 6.04 Å². The number of pyridine rings is 1. The van der Waals surface area contributed by atoms with Crippen LogP contribution in [0.3, 0.4) is 0 Å². The third kappa shape index (κ3) is 2.69. The van der Waals surface area contributed by atoms with Gasteiger partial charge in [0.2, 0.25) is 0 Å². The number of halogens is 1. The number of carbonyl (C=O) groups is 2. The van der Waals surface area contributed by atoms with Crippen molar-refractivity contribution < 1.29 is 14.7 Å². The summed E-state index contributed by atoms with van der Waals surface area (Å²) in [6, 6.07) is 1.06. The van der Waals surface area contributed by atoms with Crippen molar-refractivity contribution in [1.29, 1.82) is 0 Å². The molecule has 2 heterocycles. The molecule has 0 bridgehead atoms. The average molecular weight is 353 g/mol. The number of hydrogen-bond donors (Lipinski definition) is 1. The van der Waals surface area contributed by atoms with Gasteiger partial charge in [0.25, 0.3) is 5.91 Å². The molecule has 5 nitrogen and oxygen atoms in total. The summed E-state index contributed by atoms with van der Waals surface area (Å²) < 4.78 is 0.722. The number of likely N-dealkylation sites (tertiary alicyclic amines) is 1. The molecule has 0 spiro atoms. The predicted molar refractivity (Wildman–Crippen MR) is 79.9 cm³/mol. The molecular weight excluding hydrogens is 336 g/mol. The normalized spacial score (nSPS) is 28.2. The maximum Gasteiger partial charge on any atom is 0.326 e. The van der Waals surface area contributed by atoms with Crippen molar-refractivity contribution in [3.63, 3.8) is 0 Å². The lowest BCUT2D eigenvalue weighted by Crippen LogP contribution is -2.46. The number of carboxylic acid groups (broad SMARTS) is 1. The van der Waals surface area contributed by atoms with Gasteiger partial charge in [-0.1, -0.05) is 12.8 Å². The molecule has 1 aromatic heterocycles. The van der Waals surface area contributed by atoms with Gasteiger partial charge >= 0.3 is 5.97 Å². The molecule has 1 saturated carbocycles. The summed E-state index contributed by atoms with van der Waals surface area (Å²) in [4.78, 5) is 29.9. The Morgan fingerprint density at radius 3 is 2.76 bits per heavy atom. The van der Waals surface area contributed by atoms with Gasteiger partial charge in [-0.25, -0.2) is 4.79 Å². The number of hydrogen-bond acceptors (Lipinski definition) is 3. The maximum absolute atomic E-state index is 12.8. The Bertz CT molecular complexity index is 578. The lowest BCUT2D eigenvalue weighted by Gasteiger charge is -2.33. The standard InChI is InChI=1S/C15H17BrN2O3/c16-11-5-10(7-17-8-11)14(19)18-12-4-2-1-3-9(12)6-13(18)15(20)21/h5,7-9,12-13H,1-4,6H2,(H,20,21). The Morgan fingerprint density at radius 1 is 1.29 bits per heavy atom. The third-order valence-electron chi connectivity index (χ3n) is 4.56. The summed E-state index contributed by atoms with van der Waals surface area (Å²) in [5.41, 5.74) is 0.446. The van der Waals surface area contributed by atoms with Crippen LogP contribution in [0.1, 0.15) is 42.5 Å². The van der Waals surface area contributed by atoms with Crippen molar-refractivity contribution in [3.05, 3.63) is 28.5 Å². The van der Waals surface area contributed by atoms with E-state index in [1.54, 1.807) is 17.2 Å². The molecule has 3 unspecified atom stereocenters. The lowest BCUT2D eigenvalue weighted by molar-refractivity contribution is -0.141. The van der Waals surface area contributed by atoms with Gasteiger partial charge in [-0.05, 0) is 47.2 Å². The van der Waals surface area contributed by atoms with Gasteiger partial charge < -0.3 is 10.0 Å². The van der Waals surface area contributed by atoms with E-state index in [4.69, 9.17) is 0 Å². The zero-order chi connectivity index (χ0) is 15.0. The maximum atomic E-state index is 12.8. The largest absolute Gasteiger partial charge is 0.480 e. The van der Waals surface area contributed by atoms with Crippen LogP contribution < -0.4 is 0 Å². The molecule has 1 amide bonds. The van der Waals surface area contributed by atoms with Crippen LogP contribution in [0.4, 0.5) is 0 Å². The molecule has 3 rings (SSSR count). The van der Waals surface area contributed by atoms with E-state index < -0.39 is 12.0 Å². The second-order valence-corrected chi connectivity index (χ2v) is 6.72. The first-order valence-electron chi connectivity index (χ1n) is 7.24. The zero-order valence-corrected chi connectivity index (χ0v) is 13.1. The van der Waals surface area contributed by atoms with Gasteiger partial charge in [0.15, 0.2) is 0 Å². The molecule has 1 aliphatic heterocycles. The topological polar surface area (TPSA) is 70.5 Å². The van der Waals surface area contributed by atoms with Crippen molar-refractivity contribution in [2.75, 3.05) is 0 Å². The SMILES string of the molecule is O=C(O)C1CC2CCCCC2N1C(=O)c1cncc(Br)c1. The molecule has 1 aliphatic carbocycles. The molecule has 6 heteroatoms. The van der Waals surface area contributed by atoms with E-state index in [1.165, 1.54) is 6.20 Å². The van der Waals surface area contributed by atoms with Crippen LogP contribution in [0.25, 0.3) is 0 Å². The number of fused-ring (bicyclic) bond motifs is 1. The first-order valence-corrected chi connectivity index (χ1v) is 8.03. The number of carbonyl (C=O) groups excluding carboxylic acids is 1. The van der Waals surface area contributed by atoms with Crippen molar-refractivity contribution in [3.8, 4) is 0 Å². The number of aliphatic carboxylic acids is 1. The van der Waals surface area contributed by atoms with Gasteiger partial charge in [-0.2, -0.15) is 0 Å². The zero-order valence-electron chi connectivity index (χ0n) is 11.5. The van der Waals surface area contributed by atoms with Gasteiger partial charge in [-0.3, -0.25) is 9.78 Å². The summed E-state index contributed by atoms with van der Waals surface area (Å²) in [5, 5.41) is 9.46. The van der Waals surface area contributed by atoms with Crippen LogP contribution in [-0.4, -0.2) is 39.0 Å². The quantitative estimate of drug-likeness (QED) is 0.888. The van der Waals surface area contributed by atoms with Crippen molar-refractivity contribution in [2.24, 2.45) is 5.92 Å². The van der Waals surface area contributed by atoms with Crippen LogP contribution in [0.15, 0.2) is 22.9 Å². The Morgan fingerprint density at radius 2 is 2.05 bits per heavy atom. The van der Waals surface area contributed by atoms with E-state index >= 15 is 0 Å².